The summed E-state index contributed by atoms with van der Waals surface area (Å²) in [5, 5.41) is 3.94. The number of Topliss-reactive ketones (excluding diaryl/α,β-unsaturated/α-hetero) is 1. The van der Waals surface area contributed by atoms with Gasteiger partial charge in [-0.25, -0.2) is 0 Å². The molecule has 1 fully saturated rings. The molecule has 4 heterocycles. The lowest BCUT2D eigenvalue weighted by Gasteiger charge is -2.36. The van der Waals surface area contributed by atoms with Gasteiger partial charge < -0.3 is 9.26 Å². The number of amides is 1. The summed E-state index contributed by atoms with van der Waals surface area (Å²) in [5.74, 6) is 0.200. The predicted octanol–water partition coefficient (Wildman–Crippen LogP) is 3.10. The Hall–Kier alpha value is -2.67. The van der Waals surface area contributed by atoms with Crippen molar-refractivity contribution in [2.45, 2.75) is 43.7 Å². The highest BCUT2D eigenvalue weighted by Gasteiger charge is 2.54. The van der Waals surface area contributed by atoms with Gasteiger partial charge in [-0.3, -0.25) is 19.5 Å². The molecule has 0 saturated heterocycles. The Morgan fingerprint density at radius 2 is 2.11 bits per heavy atom. The van der Waals surface area contributed by atoms with E-state index in [1.807, 2.05) is 6.07 Å². The van der Waals surface area contributed by atoms with Crippen molar-refractivity contribution in [3.05, 3.63) is 53.2 Å². The van der Waals surface area contributed by atoms with Crippen molar-refractivity contribution in [3.63, 3.8) is 0 Å². The molecule has 144 valence electrons. The van der Waals surface area contributed by atoms with E-state index in [1.54, 1.807) is 31.3 Å². The van der Waals surface area contributed by atoms with E-state index in [2.05, 4.69) is 10.1 Å². The van der Waals surface area contributed by atoms with E-state index in [-0.39, 0.29) is 28.9 Å². The van der Waals surface area contributed by atoms with Crippen LogP contribution in [0.4, 0.5) is 5.82 Å². The van der Waals surface area contributed by atoms with Crippen molar-refractivity contribution < 1.29 is 18.8 Å². The van der Waals surface area contributed by atoms with Crippen molar-refractivity contribution in [2.75, 3.05) is 4.90 Å². The molecule has 2 aliphatic heterocycles. The van der Waals surface area contributed by atoms with Gasteiger partial charge in [0.05, 0.1) is 17.2 Å². The van der Waals surface area contributed by atoms with Crippen LogP contribution in [-0.2, 0) is 14.3 Å². The number of rotatable bonds is 2. The van der Waals surface area contributed by atoms with Gasteiger partial charge in [-0.2, -0.15) is 0 Å². The number of alkyl halides is 1. The van der Waals surface area contributed by atoms with E-state index < -0.39 is 11.9 Å². The third kappa shape index (κ3) is 2.57. The summed E-state index contributed by atoms with van der Waals surface area (Å²) in [7, 11) is 0. The molecule has 1 amide bonds. The SMILES string of the molecule is Cc1cc(N2C(=O)C3=C(C(=O)C4CC(Cl)CCC4O3)C2c2ccccn2)no1. The molecule has 7 nitrogen and oxygen atoms in total. The van der Waals surface area contributed by atoms with Crippen molar-refractivity contribution >= 4 is 29.1 Å². The molecule has 1 saturated carbocycles. The van der Waals surface area contributed by atoms with Crippen LogP contribution in [0.25, 0.3) is 0 Å². The number of ketones is 1. The number of nitrogens with zero attached hydrogens (tertiary/aromatic N) is 3. The van der Waals surface area contributed by atoms with Crippen LogP contribution in [0, 0.1) is 12.8 Å². The molecule has 28 heavy (non-hydrogen) atoms. The summed E-state index contributed by atoms with van der Waals surface area (Å²) in [6.45, 7) is 1.75. The van der Waals surface area contributed by atoms with Gasteiger partial charge in [-0.1, -0.05) is 11.2 Å². The number of carbonyl (C=O) groups is 2. The maximum absolute atomic E-state index is 13.5. The topological polar surface area (TPSA) is 85.5 Å². The Morgan fingerprint density at radius 3 is 2.82 bits per heavy atom. The highest BCUT2D eigenvalue weighted by Crippen LogP contribution is 2.48. The lowest BCUT2D eigenvalue weighted by atomic mass is 9.78. The van der Waals surface area contributed by atoms with E-state index in [0.717, 1.165) is 6.42 Å². The van der Waals surface area contributed by atoms with Crippen LogP contribution in [0.2, 0.25) is 0 Å². The third-order valence-corrected chi connectivity index (χ3v) is 6.01. The number of hydrogen-bond donors (Lipinski definition) is 0. The normalized spacial score (nSPS) is 29.6. The Morgan fingerprint density at radius 1 is 1.25 bits per heavy atom. The van der Waals surface area contributed by atoms with Gasteiger partial charge in [-0.05, 0) is 38.3 Å². The van der Waals surface area contributed by atoms with Crippen LogP contribution in [0.3, 0.4) is 0 Å². The molecule has 1 aliphatic carbocycles. The molecule has 5 rings (SSSR count). The first kappa shape index (κ1) is 17.4. The summed E-state index contributed by atoms with van der Waals surface area (Å²) < 4.78 is 11.3. The summed E-state index contributed by atoms with van der Waals surface area (Å²) in [4.78, 5) is 32.6. The predicted molar refractivity (Wildman–Crippen MR) is 99.6 cm³/mol. The fourth-order valence-corrected chi connectivity index (χ4v) is 4.65. The summed E-state index contributed by atoms with van der Waals surface area (Å²) in [5.41, 5.74) is 0.923. The van der Waals surface area contributed by atoms with Gasteiger partial charge in [0.25, 0.3) is 5.91 Å². The average Bonchev–Trinajstić information content (AvgIpc) is 3.24. The largest absolute Gasteiger partial charge is 0.483 e. The number of carbonyl (C=O) groups excluding carboxylic acids is 2. The summed E-state index contributed by atoms with van der Waals surface area (Å²) >= 11 is 6.32. The van der Waals surface area contributed by atoms with Gasteiger partial charge in [0, 0.05) is 17.6 Å². The van der Waals surface area contributed by atoms with Gasteiger partial charge in [-0.15, -0.1) is 11.6 Å². The first-order valence-electron chi connectivity index (χ1n) is 9.31. The zero-order valence-corrected chi connectivity index (χ0v) is 15.9. The Balaban J connectivity index is 1.64. The number of aryl methyl sites for hydroxylation is 1. The number of aromatic nitrogens is 2. The first-order chi connectivity index (χ1) is 13.5. The minimum absolute atomic E-state index is 0.0596. The lowest BCUT2D eigenvalue weighted by Crippen LogP contribution is -2.41. The fourth-order valence-electron chi connectivity index (χ4n) is 4.34. The average molecular weight is 400 g/mol. The molecule has 3 aliphatic rings. The number of halogens is 1. The van der Waals surface area contributed by atoms with Crippen LogP contribution in [0.1, 0.15) is 36.8 Å². The zero-order chi connectivity index (χ0) is 19.4. The molecule has 0 radical (unpaired) electrons. The molecule has 0 aromatic carbocycles. The second-order valence-electron chi connectivity index (χ2n) is 7.41. The molecule has 4 atom stereocenters. The van der Waals surface area contributed by atoms with E-state index >= 15 is 0 Å². The molecular formula is C20H18ClN3O4. The first-order valence-corrected chi connectivity index (χ1v) is 9.75. The molecule has 4 unspecified atom stereocenters. The molecule has 2 aromatic heterocycles. The van der Waals surface area contributed by atoms with Crippen molar-refractivity contribution in [1.82, 2.24) is 10.1 Å². The molecule has 2 aromatic rings. The van der Waals surface area contributed by atoms with Crippen molar-refractivity contribution in [3.8, 4) is 0 Å². The summed E-state index contributed by atoms with van der Waals surface area (Å²) in [6, 6.07) is 6.37. The fraction of sp³-hybridized carbons (Fsp3) is 0.400. The zero-order valence-electron chi connectivity index (χ0n) is 15.2. The standard InChI is InChI=1S/C20H18ClN3O4/c1-10-8-15(23-28-10)24-17(13-4-2-3-7-22-13)16-18(25)12-9-11(21)5-6-14(12)27-19(16)20(24)26/h2-4,7-8,11-12,14,17H,5-6,9H2,1H3. The lowest BCUT2D eigenvalue weighted by molar-refractivity contribution is -0.131. The van der Waals surface area contributed by atoms with Crippen molar-refractivity contribution in [1.29, 1.82) is 0 Å². The minimum Gasteiger partial charge on any atom is -0.483 e. The van der Waals surface area contributed by atoms with Crippen LogP contribution < -0.4 is 4.90 Å². The van der Waals surface area contributed by atoms with Gasteiger partial charge in [0.2, 0.25) is 0 Å². The monoisotopic (exact) mass is 399 g/mol. The van der Waals surface area contributed by atoms with E-state index in [9.17, 15) is 9.59 Å². The second kappa shape index (κ2) is 6.44. The quantitative estimate of drug-likeness (QED) is 0.721. The smallest absolute Gasteiger partial charge is 0.296 e. The minimum atomic E-state index is -0.697. The van der Waals surface area contributed by atoms with Crippen LogP contribution >= 0.6 is 11.6 Å². The number of ether oxygens (including phenoxy) is 1. The number of hydrogen-bond acceptors (Lipinski definition) is 6. The van der Waals surface area contributed by atoms with Crippen LogP contribution in [0.15, 0.2) is 46.3 Å². The Kier molecular flexibility index (Phi) is 4.01. The van der Waals surface area contributed by atoms with E-state index in [4.69, 9.17) is 20.9 Å². The Bertz CT molecular complexity index is 986. The maximum atomic E-state index is 13.5. The van der Waals surface area contributed by atoms with E-state index in [1.165, 1.54) is 4.90 Å². The number of pyridine rings is 1. The van der Waals surface area contributed by atoms with E-state index in [0.29, 0.717) is 35.7 Å². The third-order valence-electron chi connectivity index (χ3n) is 5.61. The molecule has 0 spiro atoms. The van der Waals surface area contributed by atoms with Gasteiger partial charge >= 0.3 is 0 Å². The second-order valence-corrected chi connectivity index (χ2v) is 8.03. The maximum Gasteiger partial charge on any atom is 0.296 e. The Labute approximate surface area is 166 Å². The number of fused-ring (bicyclic) bond motifs is 1. The molecule has 0 bridgehead atoms. The molecular weight excluding hydrogens is 382 g/mol. The van der Waals surface area contributed by atoms with Gasteiger partial charge in [0.1, 0.15) is 17.9 Å². The highest BCUT2D eigenvalue weighted by molar-refractivity contribution is 6.21. The van der Waals surface area contributed by atoms with Crippen LogP contribution in [-0.4, -0.2) is 33.3 Å². The molecule has 8 heteroatoms. The number of anilines is 1. The highest BCUT2D eigenvalue weighted by atomic mass is 35.5. The van der Waals surface area contributed by atoms with Crippen LogP contribution in [0.5, 0.6) is 0 Å². The van der Waals surface area contributed by atoms with Crippen molar-refractivity contribution in [2.24, 2.45) is 5.92 Å². The van der Waals surface area contributed by atoms with Gasteiger partial charge in [0.15, 0.2) is 17.4 Å². The summed E-state index contributed by atoms with van der Waals surface area (Å²) in [6.07, 6.45) is 3.30. The molecule has 0 N–H and O–H groups in total.